The van der Waals surface area contributed by atoms with Gasteiger partial charge < -0.3 is 5.11 Å². The summed E-state index contributed by atoms with van der Waals surface area (Å²) in [5, 5.41) is 17.8. The fraction of sp³-hybridized carbons (Fsp3) is 0.364. The van der Waals surface area contributed by atoms with Crippen molar-refractivity contribution >= 4 is 21.6 Å². The van der Waals surface area contributed by atoms with E-state index in [1.54, 1.807) is 6.92 Å². The fourth-order valence-electron chi connectivity index (χ4n) is 1.29. The van der Waals surface area contributed by atoms with Crippen LogP contribution in [0.25, 0.3) is 0 Å². The molecule has 0 fully saturated rings. The minimum Gasteiger partial charge on any atom is -0.395 e. The van der Waals surface area contributed by atoms with E-state index in [2.05, 4.69) is 4.72 Å². The molecule has 0 aliphatic heterocycles. The van der Waals surface area contributed by atoms with Crippen LogP contribution in [0.2, 0.25) is 5.02 Å². The van der Waals surface area contributed by atoms with Crippen LogP contribution in [0.3, 0.4) is 0 Å². The molecule has 1 aromatic rings. The maximum absolute atomic E-state index is 11.9. The summed E-state index contributed by atoms with van der Waals surface area (Å²) < 4.78 is 26.3. The van der Waals surface area contributed by atoms with Gasteiger partial charge in [0.2, 0.25) is 10.0 Å². The molecule has 0 amide bonds. The van der Waals surface area contributed by atoms with Crippen LogP contribution < -0.4 is 4.72 Å². The van der Waals surface area contributed by atoms with Crippen molar-refractivity contribution in [2.75, 3.05) is 6.61 Å². The number of nitrogens with zero attached hydrogens (tertiary/aromatic N) is 1. The van der Waals surface area contributed by atoms with E-state index in [0.29, 0.717) is 6.42 Å². The number of aliphatic hydroxyl groups excluding tert-OH is 1. The van der Waals surface area contributed by atoms with Crippen molar-refractivity contribution in [2.45, 2.75) is 24.3 Å². The standard InChI is InChI=1S/C11H13ClN2O3S/c1-2-9(7-15)14-18(16,17)10-4-3-8(6-13)11(12)5-10/h3-5,9,14-15H,2,7H2,1H3. The highest BCUT2D eigenvalue weighted by Gasteiger charge is 2.19. The third kappa shape index (κ3) is 3.43. The van der Waals surface area contributed by atoms with Crippen molar-refractivity contribution in [3.8, 4) is 6.07 Å². The number of aliphatic hydroxyl groups is 1. The van der Waals surface area contributed by atoms with Gasteiger partial charge in [0.25, 0.3) is 0 Å². The molecule has 0 aromatic heterocycles. The van der Waals surface area contributed by atoms with Gasteiger partial charge in [-0.2, -0.15) is 5.26 Å². The number of sulfonamides is 1. The second kappa shape index (κ2) is 6.16. The maximum Gasteiger partial charge on any atom is 0.240 e. The summed E-state index contributed by atoms with van der Waals surface area (Å²) in [7, 11) is -3.74. The Hall–Kier alpha value is -1.13. The Bertz CT molecular complexity index is 562. The Morgan fingerprint density at radius 1 is 1.56 bits per heavy atom. The summed E-state index contributed by atoms with van der Waals surface area (Å²) in [5.74, 6) is 0. The minimum atomic E-state index is -3.74. The molecule has 0 saturated carbocycles. The number of hydrogen-bond acceptors (Lipinski definition) is 4. The molecule has 0 aliphatic carbocycles. The SMILES string of the molecule is CCC(CO)NS(=O)(=O)c1ccc(C#N)c(Cl)c1. The first-order chi connectivity index (χ1) is 8.44. The lowest BCUT2D eigenvalue weighted by atomic mass is 10.2. The molecule has 98 valence electrons. The monoisotopic (exact) mass is 288 g/mol. The van der Waals surface area contributed by atoms with Gasteiger partial charge in [0.15, 0.2) is 0 Å². The Morgan fingerprint density at radius 2 is 2.22 bits per heavy atom. The van der Waals surface area contributed by atoms with Crippen LogP contribution >= 0.6 is 11.6 Å². The first-order valence-corrected chi connectivity index (χ1v) is 7.13. The van der Waals surface area contributed by atoms with Crippen molar-refractivity contribution in [2.24, 2.45) is 0 Å². The first kappa shape index (κ1) is 14.9. The van der Waals surface area contributed by atoms with Crippen LogP contribution in [0, 0.1) is 11.3 Å². The predicted molar refractivity (Wildman–Crippen MR) is 67.7 cm³/mol. The normalized spacial score (nSPS) is 13.0. The molecule has 1 unspecified atom stereocenters. The van der Waals surface area contributed by atoms with Crippen LogP contribution in [0.4, 0.5) is 0 Å². The molecule has 0 bridgehead atoms. The van der Waals surface area contributed by atoms with Crippen molar-refractivity contribution in [3.05, 3.63) is 28.8 Å². The highest BCUT2D eigenvalue weighted by Crippen LogP contribution is 2.20. The topological polar surface area (TPSA) is 90.2 Å². The van der Waals surface area contributed by atoms with E-state index in [1.165, 1.54) is 18.2 Å². The Balaban J connectivity index is 3.06. The van der Waals surface area contributed by atoms with Gasteiger partial charge in [-0.25, -0.2) is 13.1 Å². The molecule has 0 radical (unpaired) electrons. The lowest BCUT2D eigenvalue weighted by Gasteiger charge is -2.14. The minimum absolute atomic E-state index is 0.0293. The maximum atomic E-state index is 11.9. The average Bonchev–Trinajstić information content (AvgIpc) is 2.35. The van der Waals surface area contributed by atoms with Gasteiger partial charge in [-0.05, 0) is 24.6 Å². The molecule has 0 aliphatic rings. The predicted octanol–water partition coefficient (Wildman–Crippen LogP) is 1.26. The largest absolute Gasteiger partial charge is 0.395 e. The zero-order chi connectivity index (χ0) is 13.8. The van der Waals surface area contributed by atoms with Crippen LogP contribution in [0.1, 0.15) is 18.9 Å². The summed E-state index contributed by atoms with van der Waals surface area (Å²) in [6.45, 7) is 1.48. The molecule has 2 N–H and O–H groups in total. The second-order valence-electron chi connectivity index (χ2n) is 3.66. The third-order valence-corrected chi connectivity index (χ3v) is 4.24. The Morgan fingerprint density at radius 3 is 2.67 bits per heavy atom. The number of hydrogen-bond donors (Lipinski definition) is 2. The van der Waals surface area contributed by atoms with Crippen molar-refractivity contribution in [1.82, 2.24) is 4.72 Å². The molecule has 1 atom stereocenters. The van der Waals surface area contributed by atoms with Gasteiger partial charge in [0.1, 0.15) is 6.07 Å². The summed E-state index contributed by atoms with van der Waals surface area (Å²) in [6.07, 6.45) is 0.472. The summed E-state index contributed by atoms with van der Waals surface area (Å²) in [4.78, 5) is -0.0293. The number of rotatable bonds is 5. The van der Waals surface area contributed by atoms with Gasteiger partial charge in [-0.1, -0.05) is 18.5 Å². The van der Waals surface area contributed by atoms with Gasteiger partial charge in [0, 0.05) is 6.04 Å². The van der Waals surface area contributed by atoms with E-state index in [1.807, 2.05) is 6.07 Å². The van der Waals surface area contributed by atoms with E-state index < -0.39 is 16.1 Å². The zero-order valence-electron chi connectivity index (χ0n) is 9.72. The molecular weight excluding hydrogens is 276 g/mol. The lowest BCUT2D eigenvalue weighted by molar-refractivity contribution is 0.254. The zero-order valence-corrected chi connectivity index (χ0v) is 11.3. The highest BCUT2D eigenvalue weighted by molar-refractivity contribution is 7.89. The van der Waals surface area contributed by atoms with E-state index in [0.717, 1.165) is 0 Å². The van der Waals surface area contributed by atoms with Gasteiger partial charge >= 0.3 is 0 Å². The van der Waals surface area contributed by atoms with Crippen molar-refractivity contribution in [3.63, 3.8) is 0 Å². The Labute approximate surface area is 111 Å². The summed E-state index contributed by atoms with van der Waals surface area (Å²) in [6, 6.07) is 5.17. The average molecular weight is 289 g/mol. The summed E-state index contributed by atoms with van der Waals surface area (Å²) in [5.41, 5.74) is 0.213. The van der Waals surface area contributed by atoms with E-state index in [4.69, 9.17) is 22.0 Å². The molecule has 1 rings (SSSR count). The number of nitriles is 1. The molecule has 0 spiro atoms. The molecule has 0 heterocycles. The number of benzene rings is 1. The van der Waals surface area contributed by atoms with Crippen LogP contribution in [-0.4, -0.2) is 26.2 Å². The molecule has 7 heteroatoms. The van der Waals surface area contributed by atoms with E-state index in [-0.39, 0.29) is 22.1 Å². The molecule has 18 heavy (non-hydrogen) atoms. The quantitative estimate of drug-likeness (QED) is 0.853. The Kier molecular flexibility index (Phi) is 5.11. The third-order valence-electron chi connectivity index (χ3n) is 2.41. The lowest BCUT2D eigenvalue weighted by Crippen LogP contribution is -2.36. The van der Waals surface area contributed by atoms with Crippen LogP contribution in [0.5, 0.6) is 0 Å². The smallest absolute Gasteiger partial charge is 0.240 e. The number of halogens is 1. The number of nitrogens with one attached hydrogen (secondary N) is 1. The van der Waals surface area contributed by atoms with E-state index >= 15 is 0 Å². The van der Waals surface area contributed by atoms with Crippen molar-refractivity contribution in [1.29, 1.82) is 5.26 Å². The first-order valence-electron chi connectivity index (χ1n) is 5.27. The summed E-state index contributed by atoms with van der Waals surface area (Å²) >= 11 is 5.78. The van der Waals surface area contributed by atoms with Crippen molar-refractivity contribution < 1.29 is 13.5 Å². The highest BCUT2D eigenvalue weighted by atomic mass is 35.5. The molecule has 0 saturated heterocycles. The van der Waals surface area contributed by atoms with Gasteiger partial charge in [-0.3, -0.25) is 0 Å². The van der Waals surface area contributed by atoms with Crippen LogP contribution in [-0.2, 0) is 10.0 Å². The van der Waals surface area contributed by atoms with E-state index in [9.17, 15) is 8.42 Å². The fourth-order valence-corrected chi connectivity index (χ4v) is 2.91. The molecular formula is C11H13ClN2O3S. The second-order valence-corrected chi connectivity index (χ2v) is 5.78. The van der Waals surface area contributed by atoms with Crippen LogP contribution in [0.15, 0.2) is 23.1 Å². The molecule has 1 aromatic carbocycles. The van der Waals surface area contributed by atoms with Gasteiger partial charge in [0.05, 0.1) is 22.1 Å². The molecule has 5 nitrogen and oxygen atoms in total. The van der Waals surface area contributed by atoms with Gasteiger partial charge in [-0.15, -0.1) is 0 Å².